The Balaban J connectivity index is 2.21. The number of hydrogen-bond donors (Lipinski definition) is 0. The third kappa shape index (κ3) is 3.91. The molecule has 20 heavy (non-hydrogen) atoms. The van der Waals surface area contributed by atoms with Crippen molar-refractivity contribution in [3.05, 3.63) is 40.0 Å². The standard InChI is InChI=1S/C13H14BrNO4S/c1-9-12(7-8-18-20(2,16)17)13(19-15-9)10-3-5-11(14)6-4-10/h3-6H,7-8H2,1-2H3. The molecule has 0 atom stereocenters. The van der Waals surface area contributed by atoms with Gasteiger partial charge in [-0.3, -0.25) is 4.18 Å². The summed E-state index contributed by atoms with van der Waals surface area (Å²) in [7, 11) is -3.43. The molecular weight excluding hydrogens is 346 g/mol. The Bertz CT molecular complexity index is 692. The normalized spacial score (nSPS) is 11.8. The number of benzene rings is 1. The van der Waals surface area contributed by atoms with Crippen molar-refractivity contribution in [2.75, 3.05) is 12.9 Å². The Kier molecular flexibility index (Phi) is 4.62. The van der Waals surface area contributed by atoms with Crippen molar-refractivity contribution in [2.24, 2.45) is 0 Å². The molecule has 0 saturated carbocycles. The number of nitrogens with zero attached hydrogens (tertiary/aromatic N) is 1. The van der Waals surface area contributed by atoms with Crippen LogP contribution in [0.2, 0.25) is 0 Å². The molecule has 1 aromatic heterocycles. The van der Waals surface area contributed by atoms with Gasteiger partial charge in [-0.1, -0.05) is 33.2 Å². The highest BCUT2D eigenvalue weighted by Crippen LogP contribution is 2.27. The molecule has 108 valence electrons. The molecule has 0 aliphatic heterocycles. The van der Waals surface area contributed by atoms with Gasteiger partial charge in [-0.15, -0.1) is 0 Å². The minimum Gasteiger partial charge on any atom is -0.356 e. The van der Waals surface area contributed by atoms with Crippen LogP contribution in [-0.2, 0) is 20.7 Å². The van der Waals surface area contributed by atoms with Gasteiger partial charge in [0.15, 0.2) is 5.76 Å². The summed E-state index contributed by atoms with van der Waals surface area (Å²) in [5.41, 5.74) is 2.49. The lowest BCUT2D eigenvalue weighted by atomic mass is 10.1. The summed E-state index contributed by atoms with van der Waals surface area (Å²) in [5, 5.41) is 3.94. The van der Waals surface area contributed by atoms with Gasteiger partial charge < -0.3 is 4.52 Å². The summed E-state index contributed by atoms with van der Waals surface area (Å²) in [6.07, 6.45) is 1.46. The summed E-state index contributed by atoms with van der Waals surface area (Å²) in [4.78, 5) is 0. The van der Waals surface area contributed by atoms with Crippen molar-refractivity contribution >= 4 is 26.0 Å². The van der Waals surface area contributed by atoms with Gasteiger partial charge in [0.2, 0.25) is 0 Å². The summed E-state index contributed by atoms with van der Waals surface area (Å²) in [6.45, 7) is 1.89. The molecule has 2 rings (SSSR count). The van der Waals surface area contributed by atoms with Gasteiger partial charge in [-0.25, -0.2) is 0 Å². The molecule has 2 aromatic rings. The molecule has 0 aliphatic carbocycles. The van der Waals surface area contributed by atoms with Crippen LogP contribution in [0.25, 0.3) is 11.3 Å². The number of halogens is 1. The minimum absolute atomic E-state index is 0.0738. The van der Waals surface area contributed by atoms with Crippen LogP contribution in [0.1, 0.15) is 11.3 Å². The van der Waals surface area contributed by atoms with Gasteiger partial charge in [0, 0.05) is 22.0 Å². The average molecular weight is 360 g/mol. The molecule has 0 aliphatic rings. The van der Waals surface area contributed by atoms with Gasteiger partial charge in [0.05, 0.1) is 18.6 Å². The average Bonchev–Trinajstić information content (AvgIpc) is 2.71. The van der Waals surface area contributed by atoms with Crippen molar-refractivity contribution in [3.8, 4) is 11.3 Å². The van der Waals surface area contributed by atoms with E-state index in [2.05, 4.69) is 21.1 Å². The van der Waals surface area contributed by atoms with E-state index in [9.17, 15) is 8.42 Å². The highest BCUT2D eigenvalue weighted by molar-refractivity contribution is 9.10. The van der Waals surface area contributed by atoms with Gasteiger partial charge in [-0.05, 0) is 19.1 Å². The van der Waals surface area contributed by atoms with E-state index in [0.717, 1.165) is 27.5 Å². The second-order valence-electron chi connectivity index (χ2n) is 4.36. The Labute approximate surface area is 126 Å². The maximum Gasteiger partial charge on any atom is 0.264 e. The lowest BCUT2D eigenvalue weighted by Crippen LogP contribution is -2.06. The van der Waals surface area contributed by atoms with Crippen molar-refractivity contribution in [2.45, 2.75) is 13.3 Å². The molecular formula is C13H14BrNO4S. The predicted molar refractivity (Wildman–Crippen MR) is 78.9 cm³/mol. The SMILES string of the molecule is Cc1noc(-c2ccc(Br)cc2)c1CCOS(C)(=O)=O. The predicted octanol–water partition coefficient (Wildman–Crippen LogP) is 2.93. The lowest BCUT2D eigenvalue weighted by Gasteiger charge is -2.03. The van der Waals surface area contributed by atoms with Crippen molar-refractivity contribution in [1.82, 2.24) is 5.16 Å². The zero-order valence-corrected chi connectivity index (χ0v) is 13.5. The van der Waals surface area contributed by atoms with Crippen LogP contribution < -0.4 is 0 Å². The van der Waals surface area contributed by atoms with Gasteiger partial charge in [0.25, 0.3) is 10.1 Å². The van der Waals surface area contributed by atoms with Crippen LogP contribution in [0.3, 0.4) is 0 Å². The molecule has 0 radical (unpaired) electrons. The smallest absolute Gasteiger partial charge is 0.264 e. The summed E-state index contributed by atoms with van der Waals surface area (Å²) in [5.74, 6) is 0.645. The van der Waals surface area contributed by atoms with Crippen LogP contribution in [0.4, 0.5) is 0 Å². The maximum absolute atomic E-state index is 11.0. The topological polar surface area (TPSA) is 69.4 Å². The molecule has 0 spiro atoms. The van der Waals surface area contributed by atoms with Crippen LogP contribution >= 0.6 is 15.9 Å². The summed E-state index contributed by atoms with van der Waals surface area (Å²) in [6, 6.07) is 7.63. The summed E-state index contributed by atoms with van der Waals surface area (Å²) >= 11 is 3.37. The largest absolute Gasteiger partial charge is 0.356 e. The van der Waals surface area contributed by atoms with Crippen molar-refractivity contribution in [1.29, 1.82) is 0 Å². The van der Waals surface area contributed by atoms with Crippen molar-refractivity contribution in [3.63, 3.8) is 0 Å². The van der Waals surface area contributed by atoms with E-state index in [1.807, 2.05) is 31.2 Å². The fourth-order valence-corrected chi connectivity index (χ4v) is 2.46. The highest BCUT2D eigenvalue weighted by atomic mass is 79.9. The van der Waals surface area contributed by atoms with Gasteiger partial charge in [-0.2, -0.15) is 8.42 Å². The molecule has 0 N–H and O–H groups in total. The van der Waals surface area contributed by atoms with E-state index >= 15 is 0 Å². The molecule has 0 fully saturated rings. The van der Waals surface area contributed by atoms with Crippen LogP contribution in [-0.4, -0.2) is 26.4 Å². The quantitative estimate of drug-likeness (QED) is 0.767. The molecule has 0 unspecified atom stereocenters. The first-order valence-corrected chi connectivity index (χ1v) is 8.53. The Hall–Kier alpha value is -1.18. The van der Waals surface area contributed by atoms with E-state index in [-0.39, 0.29) is 6.61 Å². The van der Waals surface area contributed by atoms with Gasteiger partial charge in [0.1, 0.15) is 0 Å². The van der Waals surface area contributed by atoms with E-state index in [1.165, 1.54) is 0 Å². The fraction of sp³-hybridized carbons (Fsp3) is 0.308. The van der Waals surface area contributed by atoms with Gasteiger partial charge >= 0.3 is 0 Å². The molecule has 5 nitrogen and oxygen atoms in total. The monoisotopic (exact) mass is 359 g/mol. The molecule has 1 heterocycles. The Morgan fingerprint density at radius 3 is 2.55 bits per heavy atom. The van der Waals surface area contributed by atoms with E-state index in [1.54, 1.807) is 0 Å². The molecule has 0 saturated heterocycles. The Morgan fingerprint density at radius 2 is 1.95 bits per heavy atom. The first-order chi connectivity index (χ1) is 9.37. The maximum atomic E-state index is 11.0. The number of hydrogen-bond acceptors (Lipinski definition) is 5. The van der Waals surface area contributed by atoms with Crippen LogP contribution in [0.5, 0.6) is 0 Å². The first kappa shape index (κ1) is 15.2. The second-order valence-corrected chi connectivity index (χ2v) is 6.92. The number of aryl methyl sites for hydroxylation is 1. The molecule has 0 bridgehead atoms. The zero-order chi connectivity index (χ0) is 14.8. The summed E-state index contributed by atoms with van der Waals surface area (Å²) < 4.78 is 33.0. The van der Waals surface area contributed by atoms with Crippen LogP contribution in [0, 0.1) is 6.92 Å². The molecule has 1 aromatic carbocycles. The zero-order valence-electron chi connectivity index (χ0n) is 11.1. The highest BCUT2D eigenvalue weighted by Gasteiger charge is 2.15. The molecule has 0 amide bonds. The fourth-order valence-electron chi connectivity index (χ4n) is 1.81. The first-order valence-electron chi connectivity index (χ1n) is 5.92. The third-order valence-corrected chi connectivity index (χ3v) is 3.86. The molecule has 7 heteroatoms. The van der Waals surface area contributed by atoms with Crippen molar-refractivity contribution < 1.29 is 17.1 Å². The van der Waals surface area contributed by atoms with Crippen LogP contribution in [0.15, 0.2) is 33.3 Å². The number of rotatable bonds is 5. The van der Waals surface area contributed by atoms with E-state index < -0.39 is 10.1 Å². The minimum atomic E-state index is -3.43. The second kappa shape index (κ2) is 6.07. The Morgan fingerprint density at radius 1 is 1.30 bits per heavy atom. The third-order valence-electron chi connectivity index (χ3n) is 2.74. The number of aromatic nitrogens is 1. The van der Waals surface area contributed by atoms with E-state index in [4.69, 9.17) is 8.71 Å². The lowest BCUT2D eigenvalue weighted by molar-refractivity contribution is 0.325. The van der Waals surface area contributed by atoms with E-state index in [0.29, 0.717) is 12.2 Å².